The van der Waals surface area contributed by atoms with Gasteiger partial charge >= 0.3 is 0 Å². The summed E-state index contributed by atoms with van der Waals surface area (Å²) in [6.45, 7) is 12.4. The second-order valence-electron chi connectivity index (χ2n) is 3.45. The van der Waals surface area contributed by atoms with Crippen LogP contribution in [0.5, 0.6) is 0 Å². The van der Waals surface area contributed by atoms with E-state index >= 15 is 0 Å². The summed E-state index contributed by atoms with van der Waals surface area (Å²) in [5, 5.41) is 0. The van der Waals surface area contributed by atoms with E-state index in [1.807, 2.05) is 27.7 Å². The summed E-state index contributed by atoms with van der Waals surface area (Å²) in [6, 6.07) is 0.588. The summed E-state index contributed by atoms with van der Waals surface area (Å²) in [4.78, 5) is 2.26. The van der Waals surface area contributed by atoms with Crippen molar-refractivity contribution in [1.82, 2.24) is 4.90 Å². The molecule has 1 aliphatic carbocycles. The van der Waals surface area contributed by atoms with E-state index in [4.69, 9.17) is 0 Å². The van der Waals surface area contributed by atoms with Crippen molar-refractivity contribution >= 4 is 0 Å². The van der Waals surface area contributed by atoms with Crippen LogP contribution in [-0.4, -0.2) is 25.0 Å². The maximum atomic E-state index is 2.26. The number of hydrogen-bond donors (Lipinski definition) is 0. The topological polar surface area (TPSA) is 3.24 Å². The van der Waals surface area contributed by atoms with Gasteiger partial charge in [-0.2, -0.15) is 0 Å². The second kappa shape index (κ2) is 9.97. The highest BCUT2D eigenvalue weighted by Gasteiger charge is 2.14. The van der Waals surface area contributed by atoms with E-state index < -0.39 is 0 Å². The van der Waals surface area contributed by atoms with E-state index in [2.05, 4.69) is 45.0 Å². The molecule has 0 amide bonds. The van der Waals surface area contributed by atoms with Crippen molar-refractivity contribution in [3.05, 3.63) is 23.3 Å². The molecule has 0 radical (unpaired) electrons. The van der Waals surface area contributed by atoms with Gasteiger partial charge in [-0.25, -0.2) is 0 Å². The van der Waals surface area contributed by atoms with E-state index in [0.29, 0.717) is 6.04 Å². The quantitative estimate of drug-likeness (QED) is 0.659. The van der Waals surface area contributed by atoms with Gasteiger partial charge in [-0.1, -0.05) is 45.4 Å². The molecule has 0 aromatic heterocycles. The molecule has 1 atom stereocenters. The first kappa shape index (κ1) is 16.9. The molecule has 0 N–H and O–H groups in total. The van der Waals surface area contributed by atoms with Gasteiger partial charge in [0, 0.05) is 6.04 Å². The van der Waals surface area contributed by atoms with Crippen LogP contribution in [-0.2, 0) is 0 Å². The minimum Gasteiger partial charge on any atom is -0.303 e. The molecule has 1 nitrogen and oxygen atoms in total. The van der Waals surface area contributed by atoms with Gasteiger partial charge in [0.15, 0.2) is 0 Å². The zero-order valence-corrected chi connectivity index (χ0v) is 11.9. The van der Waals surface area contributed by atoms with Crippen LogP contribution in [0.3, 0.4) is 0 Å². The van der Waals surface area contributed by atoms with Crippen molar-refractivity contribution in [3.8, 4) is 0 Å². The van der Waals surface area contributed by atoms with Gasteiger partial charge in [-0.3, -0.25) is 0 Å². The fourth-order valence-electron chi connectivity index (χ4n) is 1.44. The minimum absolute atomic E-state index is 0.588. The third-order valence-corrected chi connectivity index (χ3v) is 2.49. The van der Waals surface area contributed by atoms with Crippen LogP contribution in [0, 0.1) is 0 Å². The Labute approximate surface area is 96.9 Å². The van der Waals surface area contributed by atoms with Gasteiger partial charge in [-0.15, -0.1) is 0 Å². The Balaban J connectivity index is 0. The first-order valence-electron chi connectivity index (χ1n) is 6.15. The Morgan fingerprint density at radius 2 is 1.60 bits per heavy atom. The Hall–Kier alpha value is -0.560. The Morgan fingerprint density at radius 1 is 1.13 bits per heavy atom. The maximum Gasteiger partial charge on any atom is 0.0281 e. The number of nitrogens with zero attached hydrogens (tertiary/aromatic N) is 1. The molecule has 15 heavy (non-hydrogen) atoms. The smallest absolute Gasteiger partial charge is 0.0281 e. The first-order chi connectivity index (χ1) is 7.13. The number of rotatable bonds is 2. The standard InChI is InChI=1S/C10H17N.2C2H6/c1-8-6-5-7-10(8)9(2)11(3)4;2*1-2/h5-6,9H,7H2,1-4H3;2*1-2H3. The Kier molecular flexibility index (Phi) is 11.2. The highest BCUT2D eigenvalue weighted by atomic mass is 15.1. The van der Waals surface area contributed by atoms with Crippen LogP contribution >= 0.6 is 0 Å². The summed E-state index contributed by atoms with van der Waals surface area (Å²) < 4.78 is 0. The fraction of sp³-hybridized carbons (Fsp3) is 0.714. The van der Waals surface area contributed by atoms with E-state index in [1.165, 1.54) is 5.57 Å². The monoisotopic (exact) mass is 211 g/mol. The minimum atomic E-state index is 0.588. The first-order valence-corrected chi connectivity index (χ1v) is 6.15. The molecule has 0 saturated heterocycles. The van der Waals surface area contributed by atoms with Gasteiger partial charge in [0.05, 0.1) is 0 Å². The van der Waals surface area contributed by atoms with Crippen molar-refractivity contribution < 1.29 is 0 Å². The summed E-state index contributed by atoms with van der Waals surface area (Å²) in [6.07, 6.45) is 5.60. The zero-order valence-electron chi connectivity index (χ0n) is 11.9. The molecule has 0 fully saturated rings. The third kappa shape index (κ3) is 5.78. The predicted molar refractivity (Wildman–Crippen MR) is 72.3 cm³/mol. The molecule has 0 aliphatic heterocycles. The summed E-state index contributed by atoms with van der Waals surface area (Å²) >= 11 is 0. The van der Waals surface area contributed by atoms with Crippen molar-refractivity contribution in [2.45, 2.75) is 54.0 Å². The normalized spacial score (nSPS) is 15.5. The van der Waals surface area contributed by atoms with Gasteiger partial charge in [-0.05, 0) is 39.9 Å². The molecule has 1 unspecified atom stereocenters. The maximum absolute atomic E-state index is 2.26. The molecule has 1 aliphatic rings. The van der Waals surface area contributed by atoms with Crippen molar-refractivity contribution in [2.24, 2.45) is 0 Å². The van der Waals surface area contributed by atoms with Crippen molar-refractivity contribution in [3.63, 3.8) is 0 Å². The average Bonchev–Trinajstić information content (AvgIpc) is 2.69. The van der Waals surface area contributed by atoms with Gasteiger partial charge in [0.25, 0.3) is 0 Å². The SMILES string of the molecule is CC.CC.CC1=C(C(C)N(C)C)CC=C1. The lowest BCUT2D eigenvalue weighted by Gasteiger charge is -2.22. The molecule has 1 rings (SSSR count). The van der Waals surface area contributed by atoms with E-state index in [-0.39, 0.29) is 0 Å². The number of likely N-dealkylation sites (N-methyl/N-ethyl adjacent to an activating group) is 1. The van der Waals surface area contributed by atoms with Crippen LogP contribution in [0.15, 0.2) is 23.3 Å². The number of hydrogen-bond acceptors (Lipinski definition) is 1. The molecule has 1 heteroatoms. The van der Waals surface area contributed by atoms with Crippen molar-refractivity contribution in [1.29, 1.82) is 0 Å². The summed E-state index contributed by atoms with van der Waals surface area (Å²) in [5.74, 6) is 0. The molecule has 0 bridgehead atoms. The van der Waals surface area contributed by atoms with E-state index in [1.54, 1.807) is 5.57 Å². The van der Waals surface area contributed by atoms with Gasteiger partial charge in [0.1, 0.15) is 0 Å². The highest BCUT2D eigenvalue weighted by Crippen LogP contribution is 2.23. The largest absolute Gasteiger partial charge is 0.303 e. The van der Waals surface area contributed by atoms with Crippen LogP contribution in [0.2, 0.25) is 0 Å². The highest BCUT2D eigenvalue weighted by molar-refractivity contribution is 5.34. The van der Waals surface area contributed by atoms with Crippen LogP contribution in [0.4, 0.5) is 0 Å². The van der Waals surface area contributed by atoms with Crippen molar-refractivity contribution in [2.75, 3.05) is 14.1 Å². The van der Waals surface area contributed by atoms with Gasteiger partial charge in [0.2, 0.25) is 0 Å². The van der Waals surface area contributed by atoms with Crippen LogP contribution in [0.1, 0.15) is 48.0 Å². The molecule has 0 aromatic rings. The lowest BCUT2D eigenvalue weighted by atomic mass is 10.0. The predicted octanol–water partition coefficient (Wildman–Crippen LogP) is 4.27. The molecule has 0 heterocycles. The Morgan fingerprint density at radius 3 is 1.87 bits per heavy atom. The van der Waals surface area contributed by atoms with Crippen LogP contribution < -0.4 is 0 Å². The lowest BCUT2D eigenvalue weighted by Crippen LogP contribution is -2.26. The van der Waals surface area contributed by atoms with Gasteiger partial charge < -0.3 is 4.90 Å². The molecule has 0 spiro atoms. The summed E-state index contributed by atoms with van der Waals surface area (Å²) in [7, 11) is 4.26. The molecular formula is C14H29N. The van der Waals surface area contributed by atoms with E-state index in [9.17, 15) is 0 Å². The zero-order chi connectivity index (χ0) is 12.4. The third-order valence-electron chi connectivity index (χ3n) is 2.49. The lowest BCUT2D eigenvalue weighted by molar-refractivity contribution is 0.347. The van der Waals surface area contributed by atoms with Crippen LogP contribution in [0.25, 0.3) is 0 Å². The van der Waals surface area contributed by atoms with E-state index in [0.717, 1.165) is 6.42 Å². The summed E-state index contributed by atoms with van der Waals surface area (Å²) in [5.41, 5.74) is 3.02. The average molecular weight is 211 g/mol. The molecule has 0 aromatic carbocycles. The number of allylic oxidation sites excluding steroid dienone is 3. The molecule has 0 saturated carbocycles. The molecular weight excluding hydrogens is 182 g/mol. The second-order valence-corrected chi connectivity index (χ2v) is 3.45. The Bertz CT molecular complexity index is 199. The molecule has 90 valence electrons. The fourth-order valence-corrected chi connectivity index (χ4v) is 1.44.